The van der Waals surface area contributed by atoms with Crippen molar-refractivity contribution in [2.24, 2.45) is 5.92 Å². The van der Waals surface area contributed by atoms with Crippen LogP contribution in [0, 0.1) is 5.92 Å². The predicted octanol–water partition coefficient (Wildman–Crippen LogP) is 8.39. The first kappa shape index (κ1) is 26.7. The SMILES string of the molecule is CCCCCCCCSSSSC12CCC(CC1[Si](OCC)(OCC)OCC)C2. The first-order chi connectivity index (χ1) is 14.2. The molecule has 0 aliphatic heterocycles. The fourth-order valence-electron chi connectivity index (χ4n) is 4.91. The van der Waals surface area contributed by atoms with Crippen LogP contribution in [-0.4, -0.2) is 39.1 Å². The standard InChI is InChI=1S/C21H42O3S4Si/c1-5-9-10-11-12-13-16-25-27-28-26-21-15-14-19(18-21)17-20(21)29(22-6-2,23-7-3)24-8-4/h19-20H,5-18H2,1-4H3. The molecule has 0 aromatic heterocycles. The molecule has 2 saturated carbocycles. The molecule has 0 radical (unpaired) electrons. The number of unbranched alkanes of at least 4 members (excludes halogenated alkanes) is 5. The number of fused-ring (bicyclic) bond motifs is 2. The molecular weight excluding hydrogens is 457 g/mol. The van der Waals surface area contributed by atoms with Crippen molar-refractivity contribution in [1.29, 1.82) is 0 Å². The van der Waals surface area contributed by atoms with Crippen LogP contribution in [0.3, 0.4) is 0 Å². The van der Waals surface area contributed by atoms with Crippen LogP contribution in [0.2, 0.25) is 5.54 Å². The Labute approximate surface area is 196 Å². The van der Waals surface area contributed by atoms with Crippen LogP contribution >= 0.6 is 41.2 Å². The molecule has 2 fully saturated rings. The third kappa shape index (κ3) is 7.79. The third-order valence-corrected chi connectivity index (χ3v) is 17.4. The van der Waals surface area contributed by atoms with E-state index in [1.165, 1.54) is 70.0 Å². The molecule has 0 N–H and O–H groups in total. The fraction of sp³-hybridized carbons (Fsp3) is 1.00. The van der Waals surface area contributed by atoms with Gasteiger partial charge < -0.3 is 13.3 Å². The minimum absolute atomic E-state index is 0.286. The van der Waals surface area contributed by atoms with Gasteiger partial charge >= 0.3 is 8.80 Å². The minimum atomic E-state index is -2.64. The lowest BCUT2D eigenvalue weighted by Crippen LogP contribution is -2.55. The molecule has 29 heavy (non-hydrogen) atoms. The van der Waals surface area contributed by atoms with Crippen LogP contribution in [0.1, 0.15) is 91.9 Å². The molecule has 2 bridgehead atoms. The smallest absolute Gasteiger partial charge is 0.374 e. The first-order valence-corrected chi connectivity index (χ1v) is 18.5. The average Bonchev–Trinajstić information content (AvgIpc) is 3.29. The second kappa shape index (κ2) is 14.6. The number of hydrogen-bond donors (Lipinski definition) is 0. The summed E-state index contributed by atoms with van der Waals surface area (Å²) in [4.78, 5) is 0. The average molecular weight is 499 g/mol. The van der Waals surface area contributed by atoms with Gasteiger partial charge in [0.1, 0.15) is 0 Å². The summed E-state index contributed by atoms with van der Waals surface area (Å²) in [5, 5.41) is 0. The summed E-state index contributed by atoms with van der Waals surface area (Å²) in [5.74, 6) is 2.11. The van der Waals surface area contributed by atoms with E-state index in [2.05, 4.69) is 38.5 Å². The largest absolute Gasteiger partial charge is 0.505 e. The van der Waals surface area contributed by atoms with Gasteiger partial charge in [-0.2, -0.15) is 0 Å². The zero-order chi connectivity index (χ0) is 21.0. The van der Waals surface area contributed by atoms with E-state index in [4.69, 9.17) is 13.3 Å². The summed E-state index contributed by atoms with van der Waals surface area (Å²) in [6.07, 6.45) is 13.5. The number of hydrogen-bond acceptors (Lipinski definition) is 7. The van der Waals surface area contributed by atoms with E-state index in [1.54, 1.807) is 0 Å². The summed E-state index contributed by atoms with van der Waals surface area (Å²) in [5.41, 5.74) is 0.454. The van der Waals surface area contributed by atoms with Gasteiger partial charge in [0, 0.05) is 35.9 Å². The summed E-state index contributed by atoms with van der Waals surface area (Å²) in [6.45, 7) is 10.6. The highest BCUT2D eigenvalue weighted by molar-refractivity contribution is 9.26. The zero-order valence-corrected chi connectivity index (χ0v) is 23.2. The van der Waals surface area contributed by atoms with E-state index >= 15 is 0 Å². The normalized spacial score (nSPS) is 26.5. The summed E-state index contributed by atoms with van der Waals surface area (Å²) in [6, 6.07) is 0. The van der Waals surface area contributed by atoms with Crippen molar-refractivity contribution in [1.82, 2.24) is 0 Å². The molecule has 0 saturated heterocycles. The zero-order valence-electron chi connectivity index (χ0n) is 18.9. The summed E-state index contributed by atoms with van der Waals surface area (Å²) in [7, 11) is 5.50. The van der Waals surface area contributed by atoms with Gasteiger partial charge in [0.15, 0.2) is 0 Å². The topological polar surface area (TPSA) is 27.7 Å². The van der Waals surface area contributed by atoms with Crippen molar-refractivity contribution >= 4 is 50.0 Å². The van der Waals surface area contributed by atoms with Crippen molar-refractivity contribution in [3.8, 4) is 0 Å². The molecule has 0 aromatic rings. The first-order valence-electron chi connectivity index (χ1n) is 11.7. The maximum absolute atomic E-state index is 6.33. The molecule has 0 heterocycles. The van der Waals surface area contributed by atoms with E-state index in [-0.39, 0.29) is 4.75 Å². The Morgan fingerprint density at radius 3 is 2.14 bits per heavy atom. The molecule has 0 aromatic carbocycles. The Bertz CT molecular complexity index is 429. The second-order valence-corrected chi connectivity index (χ2v) is 17.3. The van der Waals surface area contributed by atoms with Crippen LogP contribution in [0.25, 0.3) is 0 Å². The van der Waals surface area contributed by atoms with Gasteiger partial charge in [0.25, 0.3) is 0 Å². The highest BCUT2D eigenvalue weighted by Crippen LogP contribution is 2.68. The monoisotopic (exact) mass is 498 g/mol. The van der Waals surface area contributed by atoms with E-state index < -0.39 is 8.80 Å². The second-order valence-electron chi connectivity index (χ2n) is 8.17. The van der Waals surface area contributed by atoms with Crippen molar-refractivity contribution < 1.29 is 13.3 Å². The van der Waals surface area contributed by atoms with Gasteiger partial charge in [-0.25, -0.2) is 0 Å². The Hall–Kier alpha value is 1.50. The molecular formula is C21H42O3S4Si. The van der Waals surface area contributed by atoms with Crippen molar-refractivity contribution in [3.63, 3.8) is 0 Å². The minimum Gasteiger partial charge on any atom is -0.374 e. The van der Waals surface area contributed by atoms with Crippen LogP contribution in [0.15, 0.2) is 0 Å². The van der Waals surface area contributed by atoms with Gasteiger partial charge in [0.2, 0.25) is 0 Å². The van der Waals surface area contributed by atoms with Crippen LogP contribution in [0.5, 0.6) is 0 Å². The molecule has 2 aliphatic rings. The predicted molar refractivity (Wildman–Crippen MR) is 138 cm³/mol. The Morgan fingerprint density at radius 1 is 0.862 bits per heavy atom. The van der Waals surface area contributed by atoms with E-state index in [0.29, 0.717) is 25.4 Å². The molecule has 3 unspecified atom stereocenters. The molecule has 3 atom stereocenters. The van der Waals surface area contributed by atoms with Gasteiger partial charge in [0.05, 0.1) is 0 Å². The summed E-state index contributed by atoms with van der Waals surface area (Å²) < 4.78 is 19.3. The molecule has 0 amide bonds. The Morgan fingerprint density at radius 2 is 1.52 bits per heavy atom. The molecule has 172 valence electrons. The van der Waals surface area contributed by atoms with Gasteiger partial charge in [-0.05, 0) is 78.4 Å². The maximum Gasteiger partial charge on any atom is 0.505 e. The molecule has 0 spiro atoms. The Kier molecular flexibility index (Phi) is 13.5. The van der Waals surface area contributed by atoms with Crippen molar-refractivity contribution in [2.45, 2.75) is 102 Å². The van der Waals surface area contributed by atoms with E-state index in [0.717, 1.165) is 5.92 Å². The van der Waals surface area contributed by atoms with Gasteiger partial charge in [-0.3, -0.25) is 0 Å². The molecule has 3 nitrogen and oxygen atoms in total. The highest BCUT2D eigenvalue weighted by atomic mass is 33.7. The molecule has 8 heteroatoms. The van der Waals surface area contributed by atoms with Gasteiger partial charge in [-0.1, -0.05) is 60.6 Å². The lowest BCUT2D eigenvalue weighted by molar-refractivity contribution is 0.0561. The highest BCUT2D eigenvalue weighted by Gasteiger charge is 2.65. The number of rotatable bonds is 18. The van der Waals surface area contributed by atoms with Crippen LogP contribution in [0.4, 0.5) is 0 Å². The lowest BCUT2D eigenvalue weighted by atomic mass is 9.99. The maximum atomic E-state index is 6.33. The van der Waals surface area contributed by atoms with Crippen LogP contribution < -0.4 is 0 Å². The molecule has 2 rings (SSSR count). The summed E-state index contributed by atoms with van der Waals surface area (Å²) >= 11 is 0. The lowest BCUT2D eigenvalue weighted by Gasteiger charge is -2.42. The molecule has 2 aliphatic carbocycles. The quantitative estimate of drug-likeness (QED) is 0.106. The van der Waals surface area contributed by atoms with E-state index in [9.17, 15) is 0 Å². The van der Waals surface area contributed by atoms with Crippen molar-refractivity contribution in [3.05, 3.63) is 0 Å². The van der Waals surface area contributed by atoms with Crippen LogP contribution in [-0.2, 0) is 13.3 Å². The fourth-order valence-corrected chi connectivity index (χ4v) is 16.9. The van der Waals surface area contributed by atoms with Crippen molar-refractivity contribution in [2.75, 3.05) is 25.6 Å². The third-order valence-electron chi connectivity index (χ3n) is 6.13. The van der Waals surface area contributed by atoms with Gasteiger partial charge in [-0.15, -0.1) is 0 Å². The Balaban J connectivity index is 1.81. The van der Waals surface area contributed by atoms with E-state index in [1.807, 2.05) is 30.4 Å².